The molecular weight excluding hydrogens is 158 g/mol. The molecule has 1 aromatic rings. The van der Waals surface area contributed by atoms with Gasteiger partial charge in [0.1, 0.15) is 0 Å². The minimum Gasteiger partial charge on any atom is -0.374 e. The highest BCUT2D eigenvalue weighted by Gasteiger charge is 2.20. The van der Waals surface area contributed by atoms with Crippen molar-refractivity contribution < 1.29 is 0 Å². The van der Waals surface area contributed by atoms with Crippen molar-refractivity contribution in [3.8, 4) is 0 Å². The van der Waals surface area contributed by atoms with E-state index in [4.69, 9.17) is 0 Å². The number of hydrogen-bond acceptors (Lipinski definition) is 1. The molecule has 0 N–H and O–H groups in total. The minimum atomic E-state index is 0.728. The van der Waals surface area contributed by atoms with Gasteiger partial charge in [-0.2, -0.15) is 0 Å². The Morgan fingerprint density at radius 1 is 1.38 bits per heavy atom. The second-order valence-corrected chi connectivity index (χ2v) is 4.12. The number of hydrogen-bond donors (Lipinski definition) is 0. The number of anilines is 1. The first kappa shape index (κ1) is 8.61. The fourth-order valence-electron chi connectivity index (χ4n) is 2.26. The molecule has 1 unspecified atom stereocenters. The third-order valence-electron chi connectivity index (χ3n) is 3.08. The zero-order valence-electron chi connectivity index (χ0n) is 8.67. The Hall–Kier alpha value is -0.980. The van der Waals surface area contributed by atoms with Crippen molar-refractivity contribution >= 4 is 5.69 Å². The van der Waals surface area contributed by atoms with Gasteiger partial charge in [0, 0.05) is 19.3 Å². The van der Waals surface area contributed by atoms with E-state index in [-0.39, 0.29) is 0 Å². The van der Waals surface area contributed by atoms with Crippen LogP contribution in [0.15, 0.2) is 18.2 Å². The van der Waals surface area contributed by atoms with Crippen molar-refractivity contribution in [3.63, 3.8) is 0 Å². The Balaban J connectivity index is 2.56. The largest absolute Gasteiger partial charge is 0.374 e. The standard InChI is InChI=1S/C12H17N/c1-9-7-8-13(3)12-10(2)5-4-6-11(9)12/h4-6,9H,7-8H2,1-3H3. The SMILES string of the molecule is Cc1cccc2c1N(C)CCC2C. The zero-order chi connectivity index (χ0) is 9.42. The number of benzene rings is 1. The third kappa shape index (κ3) is 1.32. The molecule has 1 aliphatic heterocycles. The van der Waals surface area contributed by atoms with Gasteiger partial charge in [-0.3, -0.25) is 0 Å². The van der Waals surface area contributed by atoms with E-state index in [1.54, 1.807) is 0 Å². The summed E-state index contributed by atoms with van der Waals surface area (Å²) in [5.74, 6) is 0.728. The van der Waals surface area contributed by atoms with Crippen LogP contribution in [-0.4, -0.2) is 13.6 Å². The summed E-state index contributed by atoms with van der Waals surface area (Å²) >= 11 is 0. The van der Waals surface area contributed by atoms with Gasteiger partial charge in [0.25, 0.3) is 0 Å². The van der Waals surface area contributed by atoms with Crippen molar-refractivity contribution in [1.82, 2.24) is 0 Å². The van der Waals surface area contributed by atoms with Crippen molar-refractivity contribution in [2.45, 2.75) is 26.2 Å². The molecule has 0 radical (unpaired) electrons. The van der Waals surface area contributed by atoms with E-state index in [2.05, 4.69) is 44.0 Å². The van der Waals surface area contributed by atoms with Crippen LogP contribution in [0, 0.1) is 6.92 Å². The summed E-state index contributed by atoms with van der Waals surface area (Å²) in [6.07, 6.45) is 1.28. The molecule has 13 heavy (non-hydrogen) atoms. The fourth-order valence-corrected chi connectivity index (χ4v) is 2.26. The molecule has 1 atom stereocenters. The number of rotatable bonds is 0. The summed E-state index contributed by atoms with van der Waals surface area (Å²) in [4.78, 5) is 2.38. The van der Waals surface area contributed by atoms with Gasteiger partial charge in [-0.05, 0) is 30.4 Å². The second kappa shape index (κ2) is 3.06. The molecule has 0 aromatic heterocycles. The molecule has 0 saturated carbocycles. The Labute approximate surface area is 80.4 Å². The Kier molecular flexibility index (Phi) is 2.03. The van der Waals surface area contributed by atoms with Crippen LogP contribution in [0.4, 0.5) is 5.69 Å². The lowest BCUT2D eigenvalue weighted by molar-refractivity contribution is 0.635. The van der Waals surface area contributed by atoms with Crippen molar-refractivity contribution in [2.24, 2.45) is 0 Å². The highest BCUT2D eigenvalue weighted by molar-refractivity contribution is 5.61. The molecule has 1 heterocycles. The van der Waals surface area contributed by atoms with Crippen molar-refractivity contribution in [3.05, 3.63) is 29.3 Å². The molecule has 1 aliphatic rings. The Bertz CT molecular complexity index is 317. The first-order chi connectivity index (χ1) is 6.20. The molecule has 1 heteroatoms. The Morgan fingerprint density at radius 2 is 2.15 bits per heavy atom. The summed E-state index contributed by atoms with van der Waals surface area (Å²) < 4.78 is 0. The first-order valence-electron chi connectivity index (χ1n) is 5.01. The summed E-state index contributed by atoms with van der Waals surface area (Å²) in [6.45, 7) is 5.72. The Morgan fingerprint density at radius 3 is 2.85 bits per heavy atom. The molecular formula is C12H17N. The first-order valence-corrected chi connectivity index (χ1v) is 5.01. The van der Waals surface area contributed by atoms with Gasteiger partial charge in [-0.1, -0.05) is 25.1 Å². The van der Waals surface area contributed by atoms with Crippen LogP contribution in [0.25, 0.3) is 0 Å². The molecule has 0 spiro atoms. The van der Waals surface area contributed by atoms with Crippen LogP contribution in [0.1, 0.15) is 30.4 Å². The zero-order valence-corrected chi connectivity index (χ0v) is 8.67. The van der Waals surface area contributed by atoms with Crippen molar-refractivity contribution in [2.75, 3.05) is 18.5 Å². The highest BCUT2D eigenvalue weighted by atomic mass is 15.1. The molecule has 2 rings (SSSR count). The maximum absolute atomic E-state index is 2.38. The highest BCUT2D eigenvalue weighted by Crippen LogP contribution is 2.36. The summed E-state index contributed by atoms with van der Waals surface area (Å²) in [6, 6.07) is 6.64. The van der Waals surface area contributed by atoms with Gasteiger partial charge in [0.15, 0.2) is 0 Å². The smallest absolute Gasteiger partial charge is 0.0428 e. The number of aryl methyl sites for hydroxylation is 1. The fraction of sp³-hybridized carbons (Fsp3) is 0.500. The van der Waals surface area contributed by atoms with Gasteiger partial charge in [0.2, 0.25) is 0 Å². The van der Waals surface area contributed by atoms with Gasteiger partial charge in [-0.25, -0.2) is 0 Å². The lowest BCUT2D eigenvalue weighted by Crippen LogP contribution is -2.27. The van der Waals surface area contributed by atoms with E-state index >= 15 is 0 Å². The summed E-state index contributed by atoms with van der Waals surface area (Å²) in [7, 11) is 2.19. The van der Waals surface area contributed by atoms with Crippen LogP contribution in [-0.2, 0) is 0 Å². The van der Waals surface area contributed by atoms with Crippen molar-refractivity contribution in [1.29, 1.82) is 0 Å². The molecule has 0 aliphatic carbocycles. The van der Waals surface area contributed by atoms with Crippen LogP contribution in [0.5, 0.6) is 0 Å². The quantitative estimate of drug-likeness (QED) is 0.586. The average molecular weight is 175 g/mol. The molecule has 70 valence electrons. The number of fused-ring (bicyclic) bond motifs is 1. The van der Waals surface area contributed by atoms with Gasteiger partial charge < -0.3 is 4.90 Å². The number of para-hydroxylation sites is 1. The summed E-state index contributed by atoms with van der Waals surface area (Å²) in [5, 5.41) is 0. The van der Waals surface area contributed by atoms with E-state index in [0.29, 0.717) is 0 Å². The van der Waals surface area contributed by atoms with Crippen LogP contribution in [0.2, 0.25) is 0 Å². The van der Waals surface area contributed by atoms with E-state index in [0.717, 1.165) is 5.92 Å². The minimum absolute atomic E-state index is 0.728. The monoisotopic (exact) mass is 175 g/mol. The van der Waals surface area contributed by atoms with E-state index in [1.165, 1.54) is 29.8 Å². The topological polar surface area (TPSA) is 3.24 Å². The number of nitrogens with zero attached hydrogens (tertiary/aromatic N) is 1. The van der Waals surface area contributed by atoms with Crippen LogP contribution >= 0.6 is 0 Å². The molecule has 0 bridgehead atoms. The molecule has 0 fully saturated rings. The van der Waals surface area contributed by atoms with Crippen LogP contribution < -0.4 is 4.90 Å². The predicted octanol–water partition coefficient (Wildman–Crippen LogP) is 2.94. The molecule has 0 saturated heterocycles. The van der Waals surface area contributed by atoms with Crippen LogP contribution in [0.3, 0.4) is 0 Å². The molecule has 1 aromatic carbocycles. The predicted molar refractivity (Wildman–Crippen MR) is 57.5 cm³/mol. The van der Waals surface area contributed by atoms with E-state index in [1.807, 2.05) is 0 Å². The second-order valence-electron chi connectivity index (χ2n) is 4.12. The van der Waals surface area contributed by atoms with Gasteiger partial charge in [0.05, 0.1) is 0 Å². The van der Waals surface area contributed by atoms with Gasteiger partial charge >= 0.3 is 0 Å². The maximum atomic E-state index is 2.38. The van der Waals surface area contributed by atoms with Gasteiger partial charge in [-0.15, -0.1) is 0 Å². The average Bonchev–Trinajstić information content (AvgIpc) is 2.12. The lowest BCUT2D eigenvalue weighted by atomic mass is 9.90. The maximum Gasteiger partial charge on any atom is 0.0428 e. The normalized spacial score (nSPS) is 21.5. The third-order valence-corrected chi connectivity index (χ3v) is 3.08. The molecule has 0 amide bonds. The van der Waals surface area contributed by atoms with E-state index in [9.17, 15) is 0 Å². The summed E-state index contributed by atoms with van der Waals surface area (Å²) in [5.41, 5.74) is 4.39. The van der Waals surface area contributed by atoms with E-state index < -0.39 is 0 Å². The lowest BCUT2D eigenvalue weighted by Gasteiger charge is -2.32. The molecule has 1 nitrogen and oxygen atoms in total.